The van der Waals surface area contributed by atoms with Crippen LogP contribution < -0.4 is 5.32 Å². The van der Waals surface area contributed by atoms with Gasteiger partial charge in [-0.2, -0.15) is 11.8 Å². The minimum Gasteiger partial charge on any atom is -0.362 e. The lowest BCUT2D eigenvalue weighted by Crippen LogP contribution is -2.44. The van der Waals surface area contributed by atoms with Crippen LogP contribution in [-0.2, 0) is 0 Å². The molecule has 0 bridgehead atoms. The topological polar surface area (TPSA) is 15.3 Å². The van der Waals surface area contributed by atoms with Crippen LogP contribution in [0.4, 0.5) is 0 Å². The van der Waals surface area contributed by atoms with Gasteiger partial charge in [-0.05, 0) is 30.3 Å². The second-order valence-electron chi connectivity index (χ2n) is 4.21. The van der Waals surface area contributed by atoms with Crippen LogP contribution in [0.2, 0.25) is 0 Å². The minimum atomic E-state index is 0.646. The van der Waals surface area contributed by atoms with Crippen molar-refractivity contribution in [3.8, 4) is 0 Å². The first-order chi connectivity index (χ1) is 6.61. The van der Waals surface area contributed by atoms with Crippen LogP contribution >= 0.6 is 24.0 Å². The van der Waals surface area contributed by atoms with Crippen molar-refractivity contribution in [2.24, 2.45) is 5.92 Å². The lowest BCUT2D eigenvalue weighted by atomic mass is 10.2. The molecule has 0 aliphatic carbocycles. The third-order valence-electron chi connectivity index (χ3n) is 2.44. The number of thiocarbonyl (C=S) groups is 1. The fraction of sp³-hybridized carbons (Fsp3) is 0.900. The van der Waals surface area contributed by atoms with Crippen molar-refractivity contribution in [2.45, 2.75) is 26.3 Å². The Labute approximate surface area is 96.8 Å². The fourth-order valence-corrected chi connectivity index (χ4v) is 2.91. The molecule has 1 N–H and O–H groups in total. The molecule has 0 aromatic carbocycles. The third-order valence-corrected chi connectivity index (χ3v) is 4.01. The lowest BCUT2D eigenvalue weighted by molar-refractivity contribution is 0.388. The van der Waals surface area contributed by atoms with E-state index in [2.05, 4.69) is 31.1 Å². The molecule has 0 aromatic rings. The summed E-state index contributed by atoms with van der Waals surface area (Å²) < 4.78 is 0. The van der Waals surface area contributed by atoms with E-state index in [9.17, 15) is 0 Å². The van der Waals surface area contributed by atoms with Gasteiger partial charge in [0.25, 0.3) is 0 Å². The van der Waals surface area contributed by atoms with Crippen molar-refractivity contribution in [1.82, 2.24) is 10.2 Å². The first kappa shape index (κ1) is 12.1. The van der Waals surface area contributed by atoms with Crippen LogP contribution in [0, 0.1) is 5.92 Å². The molecule has 1 aliphatic rings. The standard InChI is InChI=1S/C10H20N2S2/c1-8(2)6-11-10(13)12(3)9-4-5-14-7-9/h8-9H,4-7H2,1-3H3,(H,11,13). The maximum Gasteiger partial charge on any atom is 0.168 e. The van der Waals surface area contributed by atoms with Crippen LogP contribution in [0.25, 0.3) is 0 Å². The lowest BCUT2D eigenvalue weighted by Gasteiger charge is -2.27. The molecule has 1 saturated heterocycles. The SMILES string of the molecule is CC(C)CNC(=S)N(C)C1CCSC1. The molecule has 0 aromatic heterocycles. The molecule has 1 unspecified atom stereocenters. The second-order valence-corrected chi connectivity index (χ2v) is 5.74. The van der Waals surface area contributed by atoms with Crippen molar-refractivity contribution in [2.75, 3.05) is 25.1 Å². The Morgan fingerprint density at radius 1 is 1.64 bits per heavy atom. The summed E-state index contributed by atoms with van der Waals surface area (Å²) in [5, 5.41) is 4.22. The zero-order valence-corrected chi connectivity index (χ0v) is 10.9. The number of rotatable bonds is 3. The van der Waals surface area contributed by atoms with Crippen molar-refractivity contribution in [3.63, 3.8) is 0 Å². The highest BCUT2D eigenvalue weighted by Crippen LogP contribution is 2.21. The van der Waals surface area contributed by atoms with Crippen molar-refractivity contribution >= 4 is 29.1 Å². The van der Waals surface area contributed by atoms with Crippen LogP contribution in [0.1, 0.15) is 20.3 Å². The molecular formula is C10H20N2S2. The van der Waals surface area contributed by atoms with Gasteiger partial charge in [-0.1, -0.05) is 13.8 Å². The molecule has 0 spiro atoms. The van der Waals surface area contributed by atoms with Crippen molar-refractivity contribution < 1.29 is 0 Å². The van der Waals surface area contributed by atoms with Gasteiger partial charge in [0.1, 0.15) is 0 Å². The highest BCUT2D eigenvalue weighted by atomic mass is 32.2. The fourth-order valence-electron chi connectivity index (χ4n) is 1.41. The van der Waals surface area contributed by atoms with Gasteiger partial charge in [-0.25, -0.2) is 0 Å². The second kappa shape index (κ2) is 5.81. The summed E-state index contributed by atoms with van der Waals surface area (Å²) in [4.78, 5) is 2.22. The van der Waals surface area contributed by atoms with Gasteiger partial charge in [0.2, 0.25) is 0 Å². The Hall–Kier alpha value is 0.0400. The zero-order chi connectivity index (χ0) is 10.6. The van der Waals surface area contributed by atoms with Gasteiger partial charge in [0.05, 0.1) is 0 Å². The van der Waals surface area contributed by atoms with E-state index in [1.54, 1.807) is 0 Å². The summed E-state index contributed by atoms with van der Waals surface area (Å²) in [6.07, 6.45) is 1.27. The predicted octanol–water partition coefficient (Wildman–Crippen LogP) is 1.95. The molecule has 82 valence electrons. The zero-order valence-electron chi connectivity index (χ0n) is 9.25. The molecule has 1 atom stereocenters. The Bertz CT molecular complexity index is 189. The molecule has 1 rings (SSSR count). The van der Waals surface area contributed by atoms with Crippen LogP contribution in [0.3, 0.4) is 0 Å². The average molecular weight is 232 g/mol. The minimum absolute atomic E-state index is 0.646. The van der Waals surface area contributed by atoms with Crippen molar-refractivity contribution in [1.29, 1.82) is 0 Å². The first-order valence-corrected chi connectivity index (χ1v) is 6.76. The number of nitrogens with zero attached hydrogens (tertiary/aromatic N) is 1. The molecule has 1 fully saturated rings. The van der Waals surface area contributed by atoms with E-state index in [-0.39, 0.29) is 0 Å². The predicted molar refractivity (Wildman–Crippen MR) is 68.9 cm³/mol. The van der Waals surface area contributed by atoms with Crippen LogP contribution in [0.5, 0.6) is 0 Å². The van der Waals surface area contributed by atoms with E-state index in [0.717, 1.165) is 11.7 Å². The maximum atomic E-state index is 5.34. The van der Waals surface area contributed by atoms with Crippen LogP contribution in [-0.4, -0.2) is 41.2 Å². The van der Waals surface area contributed by atoms with E-state index in [4.69, 9.17) is 12.2 Å². The highest BCUT2D eigenvalue weighted by Gasteiger charge is 2.21. The monoisotopic (exact) mass is 232 g/mol. The Morgan fingerprint density at radius 2 is 2.36 bits per heavy atom. The number of hydrogen-bond donors (Lipinski definition) is 1. The summed E-state index contributed by atoms with van der Waals surface area (Å²) in [7, 11) is 2.10. The third kappa shape index (κ3) is 3.65. The summed E-state index contributed by atoms with van der Waals surface area (Å²) in [6.45, 7) is 5.37. The molecule has 2 nitrogen and oxygen atoms in total. The number of hydrogen-bond acceptors (Lipinski definition) is 2. The first-order valence-electron chi connectivity index (χ1n) is 5.19. The summed E-state index contributed by atoms with van der Waals surface area (Å²) in [6, 6.07) is 0.646. The van der Waals surface area contributed by atoms with E-state index in [0.29, 0.717) is 12.0 Å². The molecule has 4 heteroatoms. The van der Waals surface area contributed by atoms with Gasteiger partial charge < -0.3 is 10.2 Å². The summed E-state index contributed by atoms with van der Waals surface area (Å²) >= 11 is 7.36. The van der Waals surface area contributed by atoms with Crippen LogP contribution in [0.15, 0.2) is 0 Å². The normalized spacial score (nSPS) is 21.3. The highest BCUT2D eigenvalue weighted by molar-refractivity contribution is 7.99. The van der Waals surface area contributed by atoms with E-state index >= 15 is 0 Å². The molecule has 1 aliphatic heterocycles. The molecule has 0 amide bonds. The Balaban J connectivity index is 2.28. The Kier molecular flexibility index (Phi) is 5.02. The maximum absolute atomic E-state index is 5.34. The largest absolute Gasteiger partial charge is 0.362 e. The quantitative estimate of drug-likeness (QED) is 0.748. The van der Waals surface area contributed by atoms with Gasteiger partial charge in [-0.3, -0.25) is 0 Å². The number of thioether (sulfide) groups is 1. The molecule has 0 saturated carbocycles. The Morgan fingerprint density at radius 3 is 2.86 bits per heavy atom. The van der Waals surface area contributed by atoms with Gasteiger partial charge >= 0.3 is 0 Å². The van der Waals surface area contributed by atoms with E-state index in [1.807, 2.05) is 11.8 Å². The van der Waals surface area contributed by atoms with Gasteiger partial charge in [-0.15, -0.1) is 0 Å². The van der Waals surface area contributed by atoms with E-state index in [1.165, 1.54) is 17.9 Å². The van der Waals surface area contributed by atoms with Gasteiger partial charge in [0, 0.05) is 25.4 Å². The van der Waals surface area contributed by atoms with Gasteiger partial charge in [0.15, 0.2) is 5.11 Å². The average Bonchev–Trinajstić information content (AvgIpc) is 2.65. The summed E-state index contributed by atoms with van der Waals surface area (Å²) in [5.41, 5.74) is 0. The molecule has 14 heavy (non-hydrogen) atoms. The molecular weight excluding hydrogens is 212 g/mol. The van der Waals surface area contributed by atoms with E-state index < -0.39 is 0 Å². The smallest absolute Gasteiger partial charge is 0.168 e. The van der Waals surface area contributed by atoms with Crippen molar-refractivity contribution in [3.05, 3.63) is 0 Å². The summed E-state index contributed by atoms with van der Waals surface area (Å²) in [5.74, 6) is 3.15. The molecule has 1 heterocycles. The number of nitrogens with one attached hydrogen (secondary N) is 1. The molecule has 0 radical (unpaired) electrons.